The molecule has 0 saturated heterocycles. The number of methoxy groups -OCH3 is 2. The summed E-state index contributed by atoms with van der Waals surface area (Å²) in [5.41, 5.74) is 4.75. The van der Waals surface area contributed by atoms with Gasteiger partial charge in [-0.3, -0.25) is 4.79 Å². The third kappa shape index (κ3) is 4.18. The maximum atomic E-state index is 12.6. The molecular formula is C25H25N3O4S. The zero-order valence-electron chi connectivity index (χ0n) is 18.9. The molecule has 7 nitrogen and oxygen atoms in total. The Morgan fingerprint density at radius 1 is 1.12 bits per heavy atom. The van der Waals surface area contributed by atoms with Crippen LogP contribution in [0.15, 0.2) is 36.4 Å². The van der Waals surface area contributed by atoms with Crippen LogP contribution in [0.25, 0.3) is 21.6 Å². The van der Waals surface area contributed by atoms with Crippen LogP contribution in [0.4, 0.5) is 0 Å². The van der Waals surface area contributed by atoms with Gasteiger partial charge in [0.2, 0.25) is 0 Å². The van der Waals surface area contributed by atoms with Gasteiger partial charge in [-0.25, -0.2) is 9.97 Å². The highest BCUT2D eigenvalue weighted by Crippen LogP contribution is 2.37. The van der Waals surface area contributed by atoms with E-state index in [0.717, 1.165) is 62.9 Å². The second kappa shape index (κ2) is 8.86. The summed E-state index contributed by atoms with van der Waals surface area (Å²) in [5, 5.41) is 0.799. The van der Waals surface area contributed by atoms with Crippen LogP contribution in [0.1, 0.15) is 28.4 Å². The van der Waals surface area contributed by atoms with Gasteiger partial charge in [-0.05, 0) is 43.2 Å². The molecule has 0 saturated carbocycles. The minimum absolute atomic E-state index is 0.184. The molecule has 0 aliphatic carbocycles. The zero-order valence-corrected chi connectivity index (χ0v) is 19.7. The summed E-state index contributed by atoms with van der Waals surface area (Å²) in [5.74, 6) is 2.26. The van der Waals surface area contributed by atoms with Crippen molar-refractivity contribution < 1.29 is 19.0 Å². The van der Waals surface area contributed by atoms with Crippen molar-refractivity contribution in [2.75, 3.05) is 14.2 Å². The smallest absolute Gasteiger partial charge is 0.311 e. The highest BCUT2D eigenvalue weighted by atomic mass is 32.1. The van der Waals surface area contributed by atoms with Crippen LogP contribution in [0.5, 0.6) is 11.5 Å². The molecule has 4 aromatic rings. The Bertz CT molecular complexity index is 1340. The number of benzene rings is 2. The number of fused-ring (bicyclic) bond motifs is 3. The minimum atomic E-state index is -0.276. The Kier molecular flexibility index (Phi) is 5.76. The van der Waals surface area contributed by atoms with E-state index in [1.165, 1.54) is 11.3 Å². The van der Waals surface area contributed by atoms with E-state index in [-0.39, 0.29) is 19.0 Å². The summed E-state index contributed by atoms with van der Waals surface area (Å²) in [4.78, 5) is 22.8. The summed E-state index contributed by atoms with van der Waals surface area (Å²) in [7, 11) is 3.23. The lowest BCUT2D eigenvalue weighted by molar-refractivity contribution is -0.144. The maximum absolute atomic E-state index is 12.6. The predicted molar refractivity (Wildman–Crippen MR) is 127 cm³/mol. The summed E-state index contributed by atoms with van der Waals surface area (Å²) in [6, 6.07) is 11.7. The largest absolute Gasteiger partial charge is 0.497 e. The van der Waals surface area contributed by atoms with Crippen LogP contribution in [-0.4, -0.2) is 34.7 Å². The van der Waals surface area contributed by atoms with Gasteiger partial charge in [0.05, 0.1) is 42.9 Å². The predicted octanol–water partition coefficient (Wildman–Crippen LogP) is 4.72. The van der Waals surface area contributed by atoms with Gasteiger partial charge in [-0.15, -0.1) is 11.3 Å². The Balaban J connectivity index is 1.26. The van der Waals surface area contributed by atoms with E-state index < -0.39 is 0 Å². The first kappa shape index (κ1) is 21.5. The van der Waals surface area contributed by atoms with E-state index in [4.69, 9.17) is 19.2 Å². The number of nitrogens with zero attached hydrogens (tertiary/aromatic N) is 3. The number of hydrogen-bond donors (Lipinski definition) is 0. The highest BCUT2D eigenvalue weighted by Gasteiger charge is 2.18. The first-order chi connectivity index (χ1) is 16.1. The molecule has 5 rings (SSSR count). The van der Waals surface area contributed by atoms with Gasteiger partial charge in [0, 0.05) is 23.9 Å². The third-order valence-electron chi connectivity index (χ3n) is 5.91. The van der Waals surface area contributed by atoms with Gasteiger partial charge in [0.1, 0.15) is 28.9 Å². The van der Waals surface area contributed by atoms with Crippen LogP contribution in [-0.2, 0) is 35.5 Å². The van der Waals surface area contributed by atoms with E-state index in [9.17, 15) is 4.79 Å². The molecule has 0 radical (unpaired) electrons. The molecule has 0 atom stereocenters. The van der Waals surface area contributed by atoms with Crippen LogP contribution >= 0.6 is 11.3 Å². The topological polar surface area (TPSA) is 75.5 Å². The van der Waals surface area contributed by atoms with Crippen LogP contribution in [0.3, 0.4) is 0 Å². The number of thiazole rings is 1. The number of carbonyl (C=O) groups is 1. The fraction of sp³-hybridized carbons (Fsp3) is 0.320. The normalized spacial score (nSPS) is 12.7. The molecule has 3 heterocycles. The minimum Gasteiger partial charge on any atom is -0.497 e. The third-order valence-corrected chi connectivity index (χ3v) is 7.10. The van der Waals surface area contributed by atoms with Gasteiger partial charge in [-0.2, -0.15) is 0 Å². The van der Waals surface area contributed by atoms with Crippen molar-refractivity contribution in [3.05, 3.63) is 58.4 Å². The molecule has 170 valence electrons. The van der Waals surface area contributed by atoms with Gasteiger partial charge in [0.15, 0.2) is 0 Å². The Labute approximate surface area is 196 Å². The van der Waals surface area contributed by atoms with Crippen molar-refractivity contribution in [3.8, 4) is 22.1 Å². The second-order valence-corrected chi connectivity index (χ2v) is 9.12. The van der Waals surface area contributed by atoms with Crippen molar-refractivity contribution in [1.29, 1.82) is 0 Å². The summed E-state index contributed by atoms with van der Waals surface area (Å²) in [6.07, 6.45) is 2.36. The van der Waals surface area contributed by atoms with Crippen LogP contribution < -0.4 is 9.47 Å². The first-order valence-electron chi connectivity index (χ1n) is 10.9. The van der Waals surface area contributed by atoms with Gasteiger partial charge in [0.25, 0.3) is 0 Å². The molecule has 0 bridgehead atoms. The van der Waals surface area contributed by atoms with E-state index in [0.29, 0.717) is 11.5 Å². The Morgan fingerprint density at radius 3 is 2.82 bits per heavy atom. The highest BCUT2D eigenvalue weighted by molar-refractivity contribution is 7.15. The molecule has 8 heteroatoms. The monoisotopic (exact) mass is 463 g/mol. The Morgan fingerprint density at radius 2 is 2.00 bits per heavy atom. The van der Waals surface area contributed by atoms with E-state index in [1.54, 1.807) is 14.2 Å². The summed E-state index contributed by atoms with van der Waals surface area (Å²) < 4.78 is 18.6. The second-order valence-electron chi connectivity index (χ2n) is 8.04. The number of aromatic nitrogens is 3. The van der Waals surface area contributed by atoms with Crippen molar-refractivity contribution >= 4 is 28.3 Å². The van der Waals surface area contributed by atoms with Gasteiger partial charge < -0.3 is 18.8 Å². The molecule has 33 heavy (non-hydrogen) atoms. The molecule has 0 unspecified atom stereocenters. The molecule has 0 N–H and O–H groups in total. The van der Waals surface area contributed by atoms with Crippen molar-refractivity contribution in [2.45, 2.75) is 39.3 Å². The number of imidazole rings is 1. The quantitative estimate of drug-likeness (QED) is 0.369. The van der Waals surface area contributed by atoms with Crippen molar-refractivity contribution in [1.82, 2.24) is 14.5 Å². The number of rotatable bonds is 7. The van der Waals surface area contributed by atoms with E-state index in [1.807, 2.05) is 37.3 Å². The molecule has 0 spiro atoms. The number of hydrogen-bond acceptors (Lipinski definition) is 7. The van der Waals surface area contributed by atoms with E-state index >= 15 is 0 Å². The van der Waals surface area contributed by atoms with Crippen molar-refractivity contribution in [2.24, 2.45) is 0 Å². The lowest BCUT2D eigenvalue weighted by atomic mass is 10.2. The fourth-order valence-corrected chi connectivity index (χ4v) is 5.26. The molecule has 0 fully saturated rings. The molecule has 1 aliphatic rings. The van der Waals surface area contributed by atoms with Gasteiger partial charge >= 0.3 is 5.97 Å². The number of carbonyl (C=O) groups excluding carboxylic acids is 1. The first-order valence-corrected chi connectivity index (χ1v) is 11.7. The number of aryl methyl sites for hydroxylation is 3. The number of ether oxygens (including phenoxy) is 3. The fourth-order valence-electron chi connectivity index (χ4n) is 4.18. The molecular weight excluding hydrogens is 438 g/mol. The number of esters is 1. The maximum Gasteiger partial charge on any atom is 0.311 e. The average molecular weight is 464 g/mol. The zero-order chi connectivity index (χ0) is 22.9. The molecule has 2 aromatic carbocycles. The molecule has 0 amide bonds. The average Bonchev–Trinajstić information content (AvgIpc) is 3.52. The molecule has 1 aliphatic heterocycles. The molecule has 2 aromatic heterocycles. The summed E-state index contributed by atoms with van der Waals surface area (Å²) >= 11 is 1.48. The van der Waals surface area contributed by atoms with Gasteiger partial charge in [-0.1, -0.05) is 6.07 Å². The lowest BCUT2D eigenvalue weighted by Crippen LogP contribution is -2.07. The van der Waals surface area contributed by atoms with Crippen molar-refractivity contribution in [3.63, 3.8) is 0 Å². The lowest BCUT2D eigenvalue weighted by Gasteiger charge is -2.08. The summed E-state index contributed by atoms with van der Waals surface area (Å²) in [6.45, 7) is 3.16. The Hall–Kier alpha value is -3.39. The SMILES string of the molecule is COc1ccc(-c2nc(C)c(CC(=O)OCc3ccc4c(c3)nc3n4CCC3)s2)c(OC)c1. The van der Waals surface area contributed by atoms with E-state index in [2.05, 4.69) is 15.6 Å². The van der Waals surface area contributed by atoms with Crippen LogP contribution in [0.2, 0.25) is 0 Å². The van der Waals surface area contributed by atoms with Crippen LogP contribution in [0, 0.1) is 6.92 Å². The standard InChI is InChI=1S/C25H25N3O4S/c1-15-22(33-25(26-15)18-8-7-17(30-2)12-21(18)31-3)13-24(29)32-14-16-6-9-20-19(11-16)27-23-5-4-10-28(20)23/h6-9,11-12H,4-5,10,13-14H2,1-3H3.